The number of nitro groups is 1. The minimum absolute atomic E-state index is 0.0892. The van der Waals surface area contributed by atoms with Crippen LogP contribution in [0.5, 0.6) is 11.5 Å². The lowest BCUT2D eigenvalue weighted by molar-refractivity contribution is -0.383. The molecule has 0 aliphatic rings. The Morgan fingerprint density at radius 3 is 2.38 bits per heavy atom. The molecule has 1 aromatic heterocycles. The second-order valence-electron chi connectivity index (χ2n) is 7.23. The van der Waals surface area contributed by atoms with Crippen LogP contribution in [0.2, 0.25) is 0 Å². The van der Waals surface area contributed by atoms with Gasteiger partial charge < -0.3 is 9.94 Å². The van der Waals surface area contributed by atoms with Crippen molar-refractivity contribution in [3.05, 3.63) is 94.2 Å². The summed E-state index contributed by atoms with van der Waals surface area (Å²) in [6.07, 6.45) is 2.15. The van der Waals surface area contributed by atoms with Crippen molar-refractivity contribution in [1.29, 1.82) is 0 Å². The highest BCUT2D eigenvalue weighted by atomic mass is 16.7. The number of nitro benzene ring substituents is 1. The van der Waals surface area contributed by atoms with Gasteiger partial charge in [-0.05, 0) is 47.4 Å². The SMILES string of the molecule is CC(=O)NOc1ccc(Cc2ccc(-c3cc([N+](=O)[O-])c4cccnc4c3O)cc2)cc1. The van der Waals surface area contributed by atoms with Crippen molar-refractivity contribution >= 4 is 22.5 Å². The Hall–Kier alpha value is -4.46. The summed E-state index contributed by atoms with van der Waals surface area (Å²) in [4.78, 5) is 31.2. The largest absolute Gasteiger partial charge is 0.505 e. The van der Waals surface area contributed by atoms with Gasteiger partial charge >= 0.3 is 0 Å². The molecule has 0 bridgehead atoms. The molecule has 0 saturated carbocycles. The van der Waals surface area contributed by atoms with Crippen molar-refractivity contribution in [2.45, 2.75) is 13.3 Å². The Kier molecular flexibility index (Phi) is 5.67. The Balaban J connectivity index is 1.58. The number of hydrogen-bond donors (Lipinski definition) is 2. The number of amides is 1. The van der Waals surface area contributed by atoms with Gasteiger partial charge in [-0.3, -0.25) is 19.9 Å². The van der Waals surface area contributed by atoms with Crippen LogP contribution in [0.1, 0.15) is 18.1 Å². The fourth-order valence-corrected chi connectivity index (χ4v) is 3.43. The van der Waals surface area contributed by atoms with Gasteiger partial charge in [-0.15, -0.1) is 0 Å². The molecule has 32 heavy (non-hydrogen) atoms. The first kappa shape index (κ1) is 20.8. The van der Waals surface area contributed by atoms with Crippen LogP contribution < -0.4 is 10.3 Å². The normalized spacial score (nSPS) is 10.7. The number of hydrogen-bond acceptors (Lipinski definition) is 6. The number of nitrogens with zero attached hydrogens (tertiary/aromatic N) is 2. The van der Waals surface area contributed by atoms with Crippen LogP contribution in [0.25, 0.3) is 22.0 Å². The number of carbonyl (C=O) groups excluding carboxylic acids is 1. The van der Waals surface area contributed by atoms with E-state index < -0.39 is 4.92 Å². The summed E-state index contributed by atoms with van der Waals surface area (Å²) in [7, 11) is 0. The Morgan fingerprint density at radius 1 is 1.09 bits per heavy atom. The summed E-state index contributed by atoms with van der Waals surface area (Å²) < 4.78 is 0. The van der Waals surface area contributed by atoms with Crippen LogP contribution in [0.3, 0.4) is 0 Å². The number of fused-ring (bicyclic) bond motifs is 1. The molecule has 4 aromatic rings. The molecular weight excluding hydrogens is 410 g/mol. The zero-order chi connectivity index (χ0) is 22.7. The van der Waals surface area contributed by atoms with Crippen molar-refractivity contribution in [1.82, 2.24) is 10.5 Å². The predicted molar refractivity (Wildman–Crippen MR) is 119 cm³/mol. The molecule has 3 aromatic carbocycles. The molecule has 1 amide bonds. The van der Waals surface area contributed by atoms with Crippen LogP contribution in [-0.2, 0) is 11.2 Å². The zero-order valence-corrected chi connectivity index (χ0v) is 17.1. The number of hydroxylamine groups is 1. The molecule has 0 aliphatic carbocycles. The maximum absolute atomic E-state index is 11.5. The van der Waals surface area contributed by atoms with Crippen LogP contribution in [0.4, 0.5) is 5.69 Å². The molecule has 8 nitrogen and oxygen atoms in total. The van der Waals surface area contributed by atoms with Gasteiger partial charge in [-0.25, -0.2) is 0 Å². The van der Waals surface area contributed by atoms with Crippen molar-refractivity contribution in [3.8, 4) is 22.6 Å². The molecule has 0 atom stereocenters. The van der Waals surface area contributed by atoms with Crippen molar-refractivity contribution < 1.29 is 19.7 Å². The minimum Gasteiger partial charge on any atom is -0.505 e. The number of carbonyl (C=O) groups is 1. The third-order valence-electron chi connectivity index (χ3n) is 4.95. The minimum atomic E-state index is -0.472. The predicted octanol–water partition coefficient (Wildman–Crippen LogP) is 4.54. The molecule has 160 valence electrons. The van der Waals surface area contributed by atoms with Gasteiger partial charge in [0.15, 0.2) is 5.75 Å². The van der Waals surface area contributed by atoms with E-state index in [1.807, 2.05) is 36.4 Å². The Bertz CT molecular complexity index is 1300. The molecular formula is C24H19N3O5. The third-order valence-corrected chi connectivity index (χ3v) is 4.95. The van der Waals surface area contributed by atoms with Crippen LogP contribution in [-0.4, -0.2) is 20.9 Å². The van der Waals surface area contributed by atoms with Gasteiger partial charge in [-0.2, -0.15) is 5.48 Å². The Labute approximate surface area is 183 Å². The van der Waals surface area contributed by atoms with E-state index in [1.54, 1.807) is 24.3 Å². The van der Waals surface area contributed by atoms with E-state index in [0.717, 1.165) is 11.1 Å². The average molecular weight is 429 g/mol. The lowest BCUT2D eigenvalue weighted by atomic mass is 9.98. The van der Waals surface area contributed by atoms with Gasteiger partial charge in [0.1, 0.15) is 11.3 Å². The van der Waals surface area contributed by atoms with Gasteiger partial charge in [0.25, 0.3) is 5.69 Å². The van der Waals surface area contributed by atoms with Gasteiger partial charge in [0.2, 0.25) is 5.91 Å². The number of benzene rings is 3. The van der Waals surface area contributed by atoms with Gasteiger partial charge in [0, 0.05) is 24.8 Å². The van der Waals surface area contributed by atoms with E-state index in [1.165, 1.54) is 19.2 Å². The molecule has 0 radical (unpaired) electrons. The lowest BCUT2D eigenvalue weighted by Gasteiger charge is -2.10. The summed E-state index contributed by atoms with van der Waals surface area (Å²) in [6, 6.07) is 19.3. The highest BCUT2D eigenvalue weighted by Gasteiger charge is 2.20. The van der Waals surface area contributed by atoms with Crippen LogP contribution >= 0.6 is 0 Å². The standard InChI is InChI=1S/C24H19N3O5/c1-15(28)26-32-19-10-6-17(7-11-19)13-16-4-8-18(9-5-16)21-14-22(27(30)31)20-3-2-12-25-23(20)24(21)29/h2-12,14,29H,13H2,1H3,(H,26,28). The molecule has 2 N–H and O–H groups in total. The molecule has 0 aliphatic heterocycles. The molecule has 4 rings (SSSR count). The van der Waals surface area contributed by atoms with Crippen molar-refractivity contribution in [3.63, 3.8) is 0 Å². The highest BCUT2D eigenvalue weighted by Crippen LogP contribution is 2.40. The summed E-state index contributed by atoms with van der Waals surface area (Å²) in [5.41, 5.74) is 5.44. The zero-order valence-electron chi connectivity index (χ0n) is 17.1. The number of aromatic hydroxyl groups is 1. The maximum atomic E-state index is 11.5. The summed E-state index contributed by atoms with van der Waals surface area (Å²) in [6.45, 7) is 1.37. The number of nitrogens with one attached hydrogen (secondary N) is 1. The molecule has 8 heteroatoms. The molecule has 0 saturated heterocycles. The topological polar surface area (TPSA) is 115 Å². The molecule has 0 unspecified atom stereocenters. The first-order valence-corrected chi connectivity index (χ1v) is 9.79. The van der Waals surface area contributed by atoms with Gasteiger partial charge in [0.05, 0.1) is 10.3 Å². The summed E-state index contributed by atoms with van der Waals surface area (Å²) in [5.74, 6) is 0.155. The summed E-state index contributed by atoms with van der Waals surface area (Å²) in [5, 5.41) is 22.5. The Morgan fingerprint density at radius 2 is 1.75 bits per heavy atom. The van der Waals surface area contributed by atoms with E-state index in [0.29, 0.717) is 28.7 Å². The molecule has 1 heterocycles. The molecule has 0 fully saturated rings. The quantitative estimate of drug-likeness (QED) is 0.344. The van der Waals surface area contributed by atoms with Crippen LogP contribution in [0.15, 0.2) is 72.9 Å². The second-order valence-corrected chi connectivity index (χ2v) is 7.23. The van der Waals surface area contributed by atoms with Crippen molar-refractivity contribution in [2.24, 2.45) is 0 Å². The fraction of sp³-hybridized carbons (Fsp3) is 0.0833. The number of aromatic nitrogens is 1. The highest BCUT2D eigenvalue weighted by molar-refractivity contribution is 5.98. The number of non-ortho nitro benzene ring substituents is 1. The first-order valence-electron chi connectivity index (χ1n) is 9.79. The number of rotatable bonds is 6. The number of phenolic OH excluding ortho intramolecular Hbond substituents is 1. The number of pyridine rings is 1. The third kappa shape index (κ3) is 4.34. The van der Waals surface area contributed by atoms with Crippen LogP contribution in [0, 0.1) is 10.1 Å². The van der Waals surface area contributed by atoms with Crippen molar-refractivity contribution in [2.75, 3.05) is 0 Å². The summed E-state index contributed by atoms with van der Waals surface area (Å²) >= 11 is 0. The molecule has 0 spiro atoms. The fourth-order valence-electron chi connectivity index (χ4n) is 3.43. The van der Waals surface area contributed by atoms with Gasteiger partial charge in [-0.1, -0.05) is 36.4 Å². The number of phenols is 1. The second kappa shape index (κ2) is 8.73. The van der Waals surface area contributed by atoms with E-state index in [4.69, 9.17) is 4.84 Å². The monoisotopic (exact) mass is 429 g/mol. The lowest BCUT2D eigenvalue weighted by Crippen LogP contribution is -2.23. The smallest absolute Gasteiger partial charge is 0.279 e. The maximum Gasteiger partial charge on any atom is 0.279 e. The van der Waals surface area contributed by atoms with E-state index in [2.05, 4.69) is 10.5 Å². The first-order chi connectivity index (χ1) is 15.4. The van der Waals surface area contributed by atoms with E-state index in [-0.39, 0.29) is 22.9 Å². The van der Waals surface area contributed by atoms with E-state index in [9.17, 15) is 20.0 Å². The van der Waals surface area contributed by atoms with E-state index >= 15 is 0 Å². The average Bonchev–Trinajstić information content (AvgIpc) is 2.79.